The fraction of sp³-hybridized carbons (Fsp3) is 0.227. The molecule has 2 aromatic carbocycles. The number of fused-ring (bicyclic) bond motifs is 2. The quantitative estimate of drug-likeness (QED) is 0.673. The van der Waals surface area contributed by atoms with E-state index < -0.39 is 5.97 Å². The van der Waals surface area contributed by atoms with Crippen LogP contribution in [0.5, 0.6) is 0 Å². The smallest absolute Gasteiger partial charge is 0.339 e. The van der Waals surface area contributed by atoms with Crippen molar-refractivity contribution in [2.45, 2.75) is 19.9 Å². The van der Waals surface area contributed by atoms with Gasteiger partial charge in [-0.2, -0.15) is 0 Å². The summed E-state index contributed by atoms with van der Waals surface area (Å²) in [5.74, 6) is -0.671. The van der Waals surface area contributed by atoms with Crippen LogP contribution in [0.25, 0.3) is 10.9 Å². The second-order valence-corrected chi connectivity index (χ2v) is 6.74. The van der Waals surface area contributed by atoms with Gasteiger partial charge in [-0.15, -0.1) is 0 Å². The van der Waals surface area contributed by atoms with Gasteiger partial charge in [0.15, 0.2) is 6.61 Å². The molecule has 3 aromatic rings. The number of rotatable bonds is 3. The first-order chi connectivity index (χ1) is 13.1. The van der Waals surface area contributed by atoms with Crippen LogP contribution >= 0.6 is 0 Å². The number of carbonyl (C=O) groups excluding carboxylic acids is 2. The van der Waals surface area contributed by atoms with Crippen LogP contribution in [-0.2, 0) is 22.5 Å². The maximum Gasteiger partial charge on any atom is 0.339 e. The van der Waals surface area contributed by atoms with Gasteiger partial charge in [0, 0.05) is 24.2 Å². The molecule has 1 aromatic heterocycles. The molecule has 4 rings (SSSR count). The SMILES string of the molecule is Cc1cc(C(=O)OCC(=O)N2CCc3ccccc3C2)c2ccccc2n1. The van der Waals surface area contributed by atoms with E-state index in [2.05, 4.69) is 11.1 Å². The van der Waals surface area contributed by atoms with Gasteiger partial charge in [0.2, 0.25) is 0 Å². The highest BCUT2D eigenvalue weighted by Crippen LogP contribution is 2.20. The molecule has 0 unspecified atom stereocenters. The van der Waals surface area contributed by atoms with Crippen molar-refractivity contribution in [2.24, 2.45) is 0 Å². The second kappa shape index (κ2) is 7.19. The number of esters is 1. The number of pyridine rings is 1. The summed E-state index contributed by atoms with van der Waals surface area (Å²) in [6.45, 7) is 2.78. The minimum atomic E-state index is -0.498. The third kappa shape index (κ3) is 3.53. The molecule has 0 fully saturated rings. The number of amides is 1. The van der Waals surface area contributed by atoms with Crippen molar-refractivity contribution in [1.82, 2.24) is 9.88 Å². The summed E-state index contributed by atoms with van der Waals surface area (Å²) in [6, 6.07) is 17.2. The average Bonchev–Trinajstić information content (AvgIpc) is 2.70. The van der Waals surface area contributed by atoms with E-state index in [9.17, 15) is 9.59 Å². The molecule has 5 heteroatoms. The Labute approximate surface area is 157 Å². The van der Waals surface area contributed by atoms with Gasteiger partial charge in [0.25, 0.3) is 5.91 Å². The van der Waals surface area contributed by atoms with Crippen LogP contribution in [0.4, 0.5) is 0 Å². The van der Waals surface area contributed by atoms with Crippen LogP contribution in [0.1, 0.15) is 27.2 Å². The number of para-hydroxylation sites is 1. The van der Waals surface area contributed by atoms with E-state index >= 15 is 0 Å². The lowest BCUT2D eigenvalue weighted by atomic mass is 10.00. The van der Waals surface area contributed by atoms with E-state index in [4.69, 9.17) is 4.74 Å². The maximum absolute atomic E-state index is 12.6. The molecule has 136 valence electrons. The molecule has 0 aliphatic carbocycles. The van der Waals surface area contributed by atoms with Crippen LogP contribution in [0.3, 0.4) is 0 Å². The summed E-state index contributed by atoms with van der Waals surface area (Å²) >= 11 is 0. The van der Waals surface area contributed by atoms with Gasteiger partial charge < -0.3 is 9.64 Å². The van der Waals surface area contributed by atoms with Gasteiger partial charge in [0.05, 0.1) is 11.1 Å². The van der Waals surface area contributed by atoms with Crippen molar-refractivity contribution in [3.05, 3.63) is 77.0 Å². The number of benzene rings is 2. The molecule has 1 amide bonds. The van der Waals surface area contributed by atoms with E-state index in [0.717, 1.165) is 28.6 Å². The molecule has 0 saturated heterocycles. The molecule has 5 nitrogen and oxygen atoms in total. The van der Waals surface area contributed by atoms with Crippen LogP contribution in [0, 0.1) is 6.92 Å². The third-order valence-electron chi connectivity index (χ3n) is 4.87. The monoisotopic (exact) mass is 360 g/mol. The number of ether oxygens (including phenoxy) is 1. The molecule has 27 heavy (non-hydrogen) atoms. The van der Waals surface area contributed by atoms with Gasteiger partial charge in [0.1, 0.15) is 0 Å². The van der Waals surface area contributed by atoms with Crippen LogP contribution < -0.4 is 0 Å². The zero-order valence-corrected chi connectivity index (χ0v) is 15.1. The number of carbonyl (C=O) groups is 2. The highest BCUT2D eigenvalue weighted by Gasteiger charge is 2.22. The highest BCUT2D eigenvalue weighted by molar-refractivity contribution is 6.04. The Bertz CT molecular complexity index is 1030. The summed E-state index contributed by atoms with van der Waals surface area (Å²) in [4.78, 5) is 31.3. The molecular weight excluding hydrogens is 340 g/mol. The normalized spacial score (nSPS) is 13.3. The Morgan fingerprint density at radius 2 is 1.81 bits per heavy atom. The summed E-state index contributed by atoms with van der Waals surface area (Å²) in [5, 5.41) is 0.729. The number of hydrogen-bond donors (Lipinski definition) is 0. The van der Waals surface area contributed by atoms with Crippen LogP contribution in [0.2, 0.25) is 0 Å². The first-order valence-corrected chi connectivity index (χ1v) is 9.00. The van der Waals surface area contributed by atoms with E-state index in [0.29, 0.717) is 18.7 Å². The molecule has 0 atom stereocenters. The van der Waals surface area contributed by atoms with E-state index in [1.165, 1.54) is 5.56 Å². The summed E-state index contributed by atoms with van der Waals surface area (Å²) in [7, 11) is 0. The van der Waals surface area contributed by atoms with Crippen LogP contribution in [0.15, 0.2) is 54.6 Å². The largest absolute Gasteiger partial charge is 0.452 e. The molecule has 0 saturated carbocycles. The topological polar surface area (TPSA) is 59.5 Å². The Kier molecular flexibility index (Phi) is 4.59. The minimum absolute atomic E-state index is 0.173. The molecule has 0 radical (unpaired) electrons. The molecule has 0 bridgehead atoms. The lowest BCUT2D eigenvalue weighted by Gasteiger charge is -2.28. The zero-order chi connectivity index (χ0) is 18.8. The Hall–Kier alpha value is -3.21. The van der Waals surface area contributed by atoms with E-state index in [-0.39, 0.29) is 12.5 Å². The molecular formula is C22H20N2O3. The van der Waals surface area contributed by atoms with Gasteiger partial charge in [-0.25, -0.2) is 4.79 Å². The van der Waals surface area contributed by atoms with Gasteiger partial charge in [-0.1, -0.05) is 42.5 Å². The predicted octanol–water partition coefficient (Wildman–Crippen LogP) is 3.28. The fourth-order valence-electron chi connectivity index (χ4n) is 3.48. The predicted molar refractivity (Wildman–Crippen MR) is 102 cm³/mol. The molecule has 1 aliphatic heterocycles. The Morgan fingerprint density at radius 3 is 2.67 bits per heavy atom. The molecule has 2 heterocycles. The molecule has 0 spiro atoms. The number of aryl methyl sites for hydroxylation is 1. The number of aromatic nitrogens is 1. The van der Waals surface area contributed by atoms with Gasteiger partial charge >= 0.3 is 5.97 Å². The van der Waals surface area contributed by atoms with E-state index in [1.807, 2.05) is 49.4 Å². The first kappa shape index (κ1) is 17.2. The summed E-state index contributed by atoms with van der Waals surface area (Å²) < 4.78 is 5.34. The van der Waals surface area contributed by atoms with Gasteiger partial charge in [-0.05, 0) is 36.6 Å². The van der Waals surface area contributed by atoms with Crippen molar-refractivity contribution in [2.75, 3.05) is 13.2 Å². The zero-order valence-electron chi connectivity index (χ0n) is 15.1. The van der Waals surface area contributed by atoms with E-state index in [1.54, 1.807) is 11.0 Å². The minimum Gasteiger partial charge on any atom is -0.452 e. The second-order valence-electron chi connectivity index (χ2n) is 6.74. The fourth-order valence-corrected chi connectivity index (χ4v) is 3.48. The lowest BCUT2D eigenvalue weighted by Crippen LogP contribution is -2.38. The Balaban J connectivity index is 1.45. The van der Waals surface area contributed by atoms with Gasteiger partial charge in [-0.3, -0.25) is 9.78 Å². The van der Waals surface area contributed by atoms with Crippen molar-refractivity contribution in [3.63, 3.8) is 0 Å². The van der Waals surface area contributed by atoms with Crippen molar-refractivity contribution in [1.29, 1.82) is 0 Å². The number of nitrogens with zero attached hydrogens (tertiary/aromatic N) is 2. The van der Waals surface area contributed by atoms with Crippen molar-refractivity contribution >= 4 is 22.8 Å². The van der Waals surface area contributed by atoms with Crippen molar-refractivity contribution in [3.8, 4) is 0 Å². The molecule has 1 aliphatic rings. The maximum atomic E-state index is 12.6. The standard InChI is InChI=1S/C22H20N2O3/c1-15-12-19(18-8-4-5-9-20(18)23-15)22(26)27-14-21(25)24-11-10-16-6-2-3-7-17(16)13-24/h2-9,12H,10-11,13-14H2,1H3. The third-order valence-corrected chi connectivity index (χ3v) is 4.87. The Morgan fingerprint density at radius 1 is 1.07 bits per heavy atom. The first-order valence-electron chi connectivity index (χ1n) is 9.00. The van der Waals surface area contributed by atoms with Crippen molar-refractivity contribution < 1.29 is 14.3 Å². The summed E-state index contributed by atoms with van der Waals surface area (Å²) in [6.07, 6.45) is 0.823. The molecule has 0 N–H and O–H groups in total. The van der Waals surface area contributed by atoms with Crippen LogP contribution in [-0.4, -0.2) is 34.9 Å². The summed E-state index contributed by atoms with van der Waals surface area (Å²) in [5.41, 5.74) is 4.34. The highest BCUT2D eigenvalue weighted by atomic mass is 16.5. The lowest BCUT2D eigenvalue weighted by molar-refractivity contribution is -0.135. The number of hydrogen-bond acceptors (Lipinski definition) is 4. The average molecular weight is 360 g/mol.